The van der Waals surface area contributed by atoms with Crippen LogP contribution < -0.4 is 19.9 Å². The van der Waals surface area contributed by atoms with Crippen molar-refractivity contribution in [3.63, 3.8) is 0 Å². The Morgan fingerprint density at radius 3 is 2.29 bits per heavy atom. The summed E-state index contributed by atoms with van der Waals surface area (Å²) in [6.45, 7) is 1.67. The van der Waals surface area contributed by atoms with Crippen LogP contribution >= 0.6 is 0 Å². The molecule has 1 unspecified atom stereocenters. The van der Waals surface area contributed by atoms with Crippen molar-refractivity contribution in [3.05, 3.63) is 17.7 Å². The summed E-state index contributed by atoms with van der Waals surface area (Å²) >= 11 is 0. The molecule has 0 fully saturated rings. The minimum absolute atomic E-state index is 0.0784. The van der Waals surface area contributed by atoms with Gasteiger partial charge >= 0.3 is 5.97 Å². The molecule has 0 spiro atoms. The van der Waals surface area contributed by atoms with Crippen LogP contribution in [0.25, 0.3) is 0 Å². The topological polar surface area (TPSA) is 80.0 Å². The Hall–Kier alpha value is -2.02. The molecule has 1 aromatic carbocycles. The minimum atomic E-state index is -2.00. The van der Waals surface area contributed by atoms with E-state index in [2.05, 4.69) is 4.74 Å². The van der Waals surface area contributed by atoms with Crippen molar-refractivity contribution in [2.45, 2.75) is 19.1 Å². The molecule has 0 amide bonds. The van der Waals surface area contributed by atoms with Crippen molar-refractivity contribution in [1.82, 2.24) is 0 Å². The molecule has 2 atom stereocenters. The maximum atomic E-state index is 14.1. The largest absolute Gasteiger partial charge is 0.493 e. The highest BCUT2D eigenvalue weighted by Crippen LogP contribution is 2.42. The van der Waals surface area contributed by atoms with Crippen molar-refractivity contribution >= 4 is 5.97 Å². The first kappa shape index (κ1) is 17.0. The summed E-state index contributed by atoms with van der Waals surface area (Å²) in [6, 6.07) is 1.85. The second kappa shape index (κ2) is 7.68. The van der Waals surface area contributed by atoms with Crippen molar-refractivity contribution < 1.29 is 28.1 Å². The van der Waals surface area contributed by atoms with Crippen LogP contribution in [-0.4, -0.2) is 40.1 Å². The number of methoxy groups -OCH3 is 3. The van der Waals surface area contributed by atoms with Crippen LogP contribution in [0.4, 0.5) is 4.39 Å². The average Bonchev–Trinajstić information content (AvgIpc) is 2.51. The molecular weight excluding hydrogens is 281 g/mol. The molecule has 7 heteroatoms. The Bertz CT molecular complexity index is 494. The van der Waals surface area contributed by atoms with Crippen molar-refractivity contribution in [2.75, 3.05) is 27.9 Å². The van der Waals surface area contributed by atoms with Crippen LogP contribution in [0.5, 0.6) is 17.2 Å². The number of hydrogen-bond acceptors (Lipinski definition) is 6. The number of alkyl halides is 1. The van der Waals surface area contributed by atoms with E-state index in [1.54, 1.807) is 13.0 Å². The Balaban J connectivity index is 3.20. The van der Waals surface area contributed by atoms with Gasteiger partial charge in [-0.25, -0.2) is 9.18 Å². The fraction of sp³-hybridized carbons (Fsp3) is 0.500. The number of ether oxygens (including phenoxy) is 4. The third kappa shape index (κ3) is 3.55. The fourth-order valence-corrected chi connectivity index (χ4v) is 1.91. The molecule has 21 heavy (non-hydrogen) atoms. The number of esters is 1. The van der Waals surface area contributed by atoms with Crippen LogP contribution in [0.2, 0.25) is 0 Å². The normalized spacial score (nSPS) is 13.2. The third-order valence-electron chi connectivity index (χ3n) is 2.92. The first-order valence-corrected chi connectivity index (χ1v) is 6.36. The molecule has 0 radical (unpaired) electrons. The smallest absolute Gasteiger partial charge is 0.342 e. The molecule has 0 saturated carbocycles. The molecule has 0 heterocycles. The molecule has 0 aliphatic carbocycles. The van der Waals surface area contributed by atoms with Crippen LogP contribution in [0.3, 0.4) is 0 Å². The maximum absolute atomic E-state index is 14.1. The van der Waals surface area contributed by atoms with E-state index in [-0.39, 0.29) is 23.7 Å². The summed E-state index contributed by atoms with van der Waals surface area (Å²) in [6.07, 6.45) is -2.00. The van der Waals surface area contributed by atoms with Gasteiger partial charge in [0.1, 0.15) is 0 Å². The van der Waals surface area contributed by atoms with Crippen LogP contribution in [0.1, 0.15) is 18.5 Å². The van der Waals surface area contributed by atoms with E-state index in [1.165, 1.54) is 27.4 Å². The molecule has 2 N–H and O–H groups in total. The van der Waals surface area contributed by atoms with Gasteiger partial charge in [0, 0.05) is 5.56 Å². The summed E-state index contributed by atoms with van der Waals surface area (Å²) in [5, 5.41) is 0. The lowest BCUT2D eigenvalue weighted by Crippen LogP contribution is -2.31. The predicted octanol–water partition coefficient (Wildman–Crippen LogP) is 1.61. The number of rotatable bonds is 7. The molecule has 0 saturated heterocycles. The van der Waals surface area contributed by atoms with Gasteiger partial charge in [0.25, 0.3) is 0 Å². The monoisotopic (exact) mass is 301 g/mol. The van der Waals surface area contributed by atoms with E-state index in [1.807, 2.05) is 0 Å². The number of hydrogen-bond donors (Lipinski definition) is 1. The van der Waals surface area contributed by atoms with E-state index < -0.39 is 18.2 Å². The van der Waals surface area contributed by atoms with Gasteiger partial charge in [-0.15, -0.1) is 0 Å². The fourth-order valence-electron chi connectivity index (χ4n) is 1.91. The van der Waals surface area contributed by atoms with Crippen molar-refractivity contribution in [3.8, 4) is 17.2 Å². The van der Waals surface area contributed by atoms with Gasteiger partial charge in [0.05, 0.1) is 34.0 Å². The van der Waals surface area contributed by atoms with E-state index in [4.69, 9.17) is 19.9 Å². The Morgan fingerprint density at radius 1 is 1.19 bits per heavy atom. The zero-order chi connectivity index (χ0) is 16.0. The van der Waals surface area contributed by atoms with E-state index >= 15 is 0 Å². The second-order valence-corrected chi connectivity index (χ2v) is 4.10. The van der Waals surface area contributed by atoms with E-state index in [9.17, 15) is 9.18 Å². The average molecular weight is 301 g/mol. The molecule has 1 rings (SSSR count). The number of benzene rings is 1. The highest BCUT2D eigenvalue weighted by molar-refractivity contribution is 5.76. The summed E-state index contributed by atoms with van der Waals surface area (Å²) < 4.78 is 34.2. The van der Waals surface area contributed by atoms with Gasteiger partial charge in [-0.3, -0.25) is 0 Å². The lowest BCUT2D eigenvalue weighted by Gasteiger charge is -2.21. The molecule has 118 valence electrons. The molecule has 0 bridgehead atoms. The lowest BCUT2D eigenvalue weighted by molar-refractivity contribution is -0.149. The Labute approximate surface area is 122 Å². The molecule has 0 aliphatic rings. The quantitative estimate of drug-likeness (QED) is 0.771. The summed E-state index contributed by atoms with van der Waals surface area (Å²) in [7, 11) is 4.28. The summed E-state index contributed by atoms with van der Waals surface area (Å²) in [4.78, 5) is 11.5. The number of halogens is 1. The lowest BCUT2D eigenvalue weighted by atomic mass is 10.0. The van der Waals surface area contributed by atoms with E-state index in [0.717, 1.165) is 0 Å². The maximum Gasteiger partial charge on any atom is 0.342 e. The van der Waals surface area contributed by atoms with Crippen molar-refractivity contribution in [2.24, 2.45) is 5.73 Å². The molecule has 1 aromatic rings. The number of carbonyl (C=O) groups excluding carboxylic acids is 1. The third-order valence-corrected chi connectivity index (χ3v) is 2.92. The SMILES string of the molecule is CCOC(=O)C(F)[C@H](N)c1ccc(OC)c(OC)c1OC. The summed E-state index contributed by atoms with van der Waals surface area (Å²) in [5.41, 5.74) is 6.10. The molecule has 0 aliphatic heterocycles. The highest BCUT2D eigenvalue weighted by Gasteiger charge is 2.31. The van der Waals surface area contributed by atoms with Crippen LogP contribution in [0, 0.1) is 0 Å². The van der Waals surface area contributed by atoms with Gasteiger partial charge in [0.2, 0.25) is 11.9 Å². The molecule has 0 aromatic heterocycles. The van der Waals surface area contributed by atoms with Gasteiger partial charge < -0.3 is 24.7 Å². The zero-order valence-corrected chi connectivity index (χ0v) is 12.5. The first-order valence-electron chi connectivity index (χ1n) is 6.36. The minimum Gasteiger partial charge on any atom is -0.493 e. The van der Waals surface area contributed by atoms with Gasteiger partial charge in [-0.1, -0.05) is 0 Å². The predicted molar refractivity (Wildman–Crippen MR) is 74.6 cm³/mol. The van der Waals surface area contributed by atoms with Crippen LogP contribution in [0.15, 0.2) is 12.1 Å². The number of carbonyl (C=O) groups is 1. The molecular formula is C14H20FNO5. The van der Waals surface area contributed by atoms with Gasteiger partial charge in [-0.05, 0) is 19.1 Å². The second-order valence-electron chi connectivity index (χ2n) is 4.10. The van der Waals surface area contributed by atoms with Crippen molar-refractivity contribution in [1.29, 1.82) is 0 Å². The van der Waals surface area contributed by atoms with Gasteiger partial charge in [0.15, 0.2) is 11.5 Å². The Morgan fingerprint density at radius 2 is 1.81 bits per heavy atom. The Kier molecular flexibility index (Phi) is 6.23. The standard InChI is InChI=1S/C14H20FNO5/c1-5-21-14(17)10(15)11(16)8-6-7-9(18-2)13(20-4)12(8)19-3/h6-7,10-11H,5,16H2,1-4H3/t10?,11-/m1/s1. The van der Waals surface area contributed by atoms with Gasteiger partial charge in [-0.2, -0.15) is 0 Å². The van der Waals surface area contributed by atoms with Crippen LogP contribution in [-0.2, 0) is 9.53 Å². The molecule has 6 nitrogen and oxygen atoms in total. The highest BCUT2D eigenvalue weighted by atomic mass is 19.1. The van der Waals surface area contributed by atoms with E-state index in [0.29, 0.717) is 5.75 Å². The summed E-state index contributed by atoms with van der Waals surface area (Å²) in [5.74, 6) is -0.0982. The first-order chi connectivity index (χ1) is 10.0. The zero-order valence-electron chi connectivity index (χ0n) is 12.5. The number of nitrogens with two attached hydrogens (primary N) is 1.